The van der Waals surface area contributed by atoms with Crippen LogP contribution in [0.2, 0.25) is 0 Å². The van der Waals surface area contributed by atoms with Crippen molar-refractivity contribution in [1.29, 1.82) is 0 Å². The third-order valence-corrected chi connectivity index (χ3v) is 2.66. The normalized spacial score (nSPS) is 16.9. The zero-order chi connectivity index (χ0) is 9.80. The molecule has 0 atom stereocenters. The summed E-state index contributed by atoms with van der Waals surface area (Å²) in [6.07, 6.45) is 4.88. The molecule has 1 fully saturated rings. The van der Waals surface area contributed by atoms with Crippen LogP contribution in [0, 0.1) is 0 Å². The zero-order valence-corrected chi connectivity index (χ0v) is 8.62. The minimum atomic E-state index is 0.568. The molecule has 0 saturated heterocycles. The van der Waals surface area contributed by atoms with Crippen molar-refractivity contribution in [2.24, 2.45) is 0 Å². The van der Waals surface area contributed by atoms with Gasteiger partial charge >= 0.3 is 0 Å². The first-order chi connectivity index (χ1) is 6.90. The molecule has 78 valence electrons. The lowest BCUT2D eigenvalue weighted by atomic mass is 9.85. The highest BCUT2D eigenvalue weighted by Gasteiger charge is 2.24. The lowest BCUT2D eigenvalue weighted by Gasteiger charge is -2.20. The summed E-state index contributed by atoms with van der Waals surface area (Å²) in [7, 11) is 0. The Hall–Kier alpha value is -0.900. The molecule has 0 spiro atoms. The molecule has 0 aliphatic heterocycles. The first-order valence-electron chi connectivity index (χ1n) is 5.43. The van der Waals surface area contributed by atoms with Crippen LogP contribution in [0.25, 0.3) is 0 Å². The Morgan fingerprint density at radius 3 is 3.00 bits per heavy atom. The second kappa shape index (κ2) is 4.55. The predicted molar refractivity (Wildman–Crippen MR) is 52.9 cm³/mol. The van der Waals surface area contributed by atoms with E-state index in [9.17, 15) is 0 Å². The second-order valence-electron chi connectivity index (χ2n) is 3.85. The molecular formula is C10H17N3O. The molecule has 0 amide bonds. The molecule has 1 heterocycles. The third-order valence-electron chi connectivity index (χ3n) is 2.66. The lowest BCUT2D eigenvalue weighted by Crippen LogP contribution is -2.14. The van der Waals surface area contributed by atoms with Crippen molar-refractivity contribution in [1.82, 2.24) is 15.5 Å². The topological polar surface area (TPSA) is 51.0 Å². The van der Waals surface area contributed by atoms with Gasteiger partial charge in [-0.25, -0.2) is 0 Å². The van der Waals surface area contributed by atoms with Crippen LogP contribution in [-0.2, 0) is 6.54 Å². The molecule has 0 unspecified atom stereocenters. The Morgan fingerprint density at radius 2 is 2.36 bits per heavy atom. The quantitative estimate of drug-likeness (QED) is 0.728. The smallest absolute Gasteiger partial charge is 0.240 e. The van der Waals surface area contributed by atoms with Gasteiger partial charge in [-0.3, -0.25) is 0 Å². The lowest BCUT2D eigenvalue weighted by molar-refractivity contribution is 0.342. The van der Waals surface area contributed by atoms with Crippen LogP contribution >= 0.6 is 0 Å². The molecule has 0 radical (unpaired) electrons. The minimum absolute atomic E-state index is 0.568. The first-order valence-corrected chi connectivity index (χ1v) is 5.43. The van der Waals surface area contributed by atoms with Crippen LogP contribution in [0.3, 0.4) is 0 Å². The number of aromatic nitrogens is 2. The summed E-state index contributed by atoms with van der Waals surface area (Å²) in [5.74, 6) is 2.20. The van der Waals surface area contributed by atoms with Gasteiger partial charge in [0.1, 0.15) is 0 Å². The van der Waals surface area contributed by atoms with E-state index >= 15 is 0 Å². The zero-order valence-electron chi connectivity index (χ0n) is 8.62. The van der Waals surface area contributed by atoms with E-state index in [4.69, 9.17) is 4.52 Å². The Kier molecular flexibility index (Phi) is 3.14. The molecule has 1 aromatic heterocycles. The van der Waals surface area contributed by atoms with Crippen molar-refractivity contribution in [3.63, 3.8) is 0 Å². The average Bonchev–Trinajstić information content (AvgIpc) is 2.51. The van der Waals surface area contributed by atoms with E-state index < -0.39 is 0 Å². The van der Waals surface area contributed by atoms with Gasteiger partial charge in [-0.05, 0) is 25.8 Å². The molecular weight excluding hydrogens is 178 g/mol. The van der Waals surface area contributed by atoms with E-state index in [-0.39, 0.29) is 0 Å². The summed E-state index contributed by atoms with van der Waals surface area (Å²) >= 11 is 0. The van der Waals surface area contributed by atoms with E-state index in [0.29, 0.717) is 12.5 Å². The number of rotatable bonds is 5. The van der Waals surface area contributed by atoms with Gasteiger partial charge in [0.2, 0.25) is 5.89 Å². The standard InChI is InChI=1S/C10H17N3O/c1-2-6-11-7-9-12-10(13-14-9)8-4-3-5-8/h8,11H,2-7H2,1H3. The molecule has 0 bridgehead atoms. The fraction of sp³-hybridized carbons (Fsp3) is 0.800. The average molecular weight is 195 g/mol. The maximum Gasteiger partial charge on any atom is 0.240 e. The second-order valence-corrected chi connectivity index (χ2v) is 3.85. The molecule has 4 nitrogen and oxygen atoms in total. The van der Waals surface area contributed by atoms with Gasteiger partial charge in [0, 0.05) is 5.92 Å². The molecule has 1 aliphatic carbocycles. The molecule has 1 aliphatic rings. The van der Waals surface area contributed by atoms with E-state index in [0.717, 1.165) is 24.7 Å². The molecule has 1 aromatic rings. The molecule has 14 heavy (non-hydrogen) atoms. The Balaban J connectivity index is 1.83. The summed E-state index contributed by atoms with van der Waals surface area (Å²) in [6.45, 7) is 3.84. The first kappa shape index (κ1) is 9.65. The van der Waals surface area contributed by atoms with E-state index in [1.165, 1.54) is 19.3 Å². The van der Waals surface area contributed by atoms with Crippen molar-refractivity contribution in [3.8, 4) is 0 Å². The van der Waals surface area contributed by atoms with Crippen LogP contribution in [0.1, 0.15) is 50.2 Å². The van der Waals surface area contributed by atoms with E-state index in [2.05, 4.69) is 22.4 Å². The maximum atomic E-state index is 5.14. The number of nitrogens with one attached hydrogen (secondary N) is 1. The van der Waals surface area contributed by atoms with Crippen LogP contribution < -0.4 is 5.32 Å². The summed E-state index contributed by atoms with van der Waals surface area (Å²) in [5, 5.41) is 7.23. The van der Waals surface area contributed by atoms with Gasteiger partial charge < -0.3 is 9.84 Å². The summed E-state index contributed by atoms with van der Waals surface area (Å²) in [6, 6.07) is 0. The maximum absolute atomic E-state index is 5.14. The summed E-state index contributed by atoms with van der Waals surface area (Å²) in [5.41, 5.74) is 0. The fourth-order valence-corrected chi connectivity index (χ4v) is 1.54. The molecule has 1 saturated carbocycles. The largest absolute Gasteiger partial charge is 0.338 e. The van der Waals surface area contributed by atoms with Crippen molar-refractivity contribution >= 4 is 0 Å². The van der Waals surface area contributed by atoms with Gasteiger partial charge in [0.05, 0.1) is 6.54 Å². The number of hydrogen-bond donors (Lipinski definition) is 1. The van der Waals surface area contributed by atoms with Gasteiger partial charge in [-0.2, -0.15) is 4.98 Å². The molecule has 0 aromatic carbocycles. The Bertz CT molecular complexity index is 281. The van der Waals surface area contributed by atoms with Crippen molar-refractivity contribution < 1.29 is 4.52 Å². The van der Waals surface area contributed by atoms with Crippen LogP contribution in [0.15, 0.2) is 4.52 Å². The summed E-state index contributed by atoms with van der Waals surface area (Å²) < 4.78 is 5.14. The van der Waals surface area contributed by atoms with Crippen LogP contribution in [0.5, 0.6) is 0 Å². The van der Waals surface area contributed by atoms with Gasteiger partial charge in [0.25, 0.3) is 0 Å². The minimum Gasteiger partial charge on any atom is -0.338 e. The third kappa shape index (κ3) is 2.12. The molecule has 1 N–H and O–H groups in total. The fourth-order valence-electron chi connectivity index (χ4n) is 1.54. The van der Waals surface area contributed by atoms with E-state index in [1.54, 1.807) is 0 Å². The molecule has 4 heteroatoms. The highest BCUT2D eigenvalue weighted by atomic mass is 16.5. The van der Waals surface area contributed by atoms with Crippen molar-refractivity contribution in [2.75, 3.05) is 6.54 Å². The highest BCUT2D eigenvalue weighted by Crippen LogP contribution is 2.34. The van der Waals surface area contributed by atoms with Gasteiger partial charge in [-0.1, -0.05) is 18.5 Å². The van der Waals surface area contributed by atoms with Crippen molar-refractivity contribution in [3.05, 3.63) is 11.7 Å². The SMILES string of the molecule is CCCNCc1nc(C2CCC2)no1. The van der Waals surface area contributed by atoms with Crippen LogP contribution in [-0.4, -0.2) is 16.7 Å². The van der Waals surface area contributed by atoms with Gasteiger partial charge in [0.15, 0.2) is 5.82 Å². The van der Waals surface area contributed by atoms with Crippen molar-refractivity contribution in [2.45, 2.75) is 45.1 Å². The predicted octanol–water partition coefficient (Wildman–Crippen LogP) is 1.84. The van der Waals surface area contributed by atoms with Crippen LogP contribution in [0.4, 0.5) is 0 Å². The summed E-state index contributed by atoms with van der Waals surface area (Å²) in [4.78, 5) is 4.36. The highest BCUT2D eigenvalue weighted by molar-refractivity contribution is 4.99. The molecule has 2 rings (SSSR count). The van der Waals surface area contributed by atoms with Gasteiger partial charge in [-0.15, -0.1) is 0 Å². The van der Waals surface area contributed by atoms with E-state index in [1.807, 2.05) is 0 Å². The Labute approximate surface area is 84.1 Å². The number of hydrogen-bond acceptors (Lipinski definition) is 4. The number of nitrogens with zero attached hydrogens (tertiary/aromatic N) is 2. The monoisotopic (exact) mass is 195 g/mol. The Morgan fingerprint density at radius 1 is 1.50 bits per heavy atom.